The molecule has 2 aromatic heterocycles. The molecule has 2 fully saturated rings. The summed E-state index contributed by atoms with van der Waals surface area (Å²) in [6, 6.07) is 13.8. The first-order valence-electron chi connectivity index (χ1n) is 11.6. The summed E-state index contributed by atoms with van der Waals surface area (Å²) in [5.41, 5.74) is 2.98. The van der Waals surface area contributed by atoms with Gasteiger partial charge in [0.25, 0.3) is 0 Å². The molecule has 0 spiro atoms. The van der Waals surface area contributed by atoms with Gasteiger partial charge in [0.2, 0.25) is 5.88 Å². The normalized spacial score (nSPS) is 19.8. The zero-order valence-corrected chi connectivity index (χ0v) is 19.7. The van der Waals surface area contributed by atoms with Crippen LogP contribution < -0.4 is 9.64 Å². The van der Waals surface area contributed by atoms with Crippen LogP contribution in [0.3, 0.4) is 0 Å². The maximum Gasteiger partial charge on any atom is 0.344 e. The van der Waals surface area contributed by atoms with Crippen molar-refractivity contribution in [3.05, 3.63) is 78.9 Å². The van der Waals surface area contributed by atoms with Gasteiger partial charge in [-0.3, -0.25) is 4.90 Å². The van der Waals surface area contributed by atoms with Crippen LogP contribution in [0.15, 0.2) is 73.3 Å². The van der Waals surface area contributed by atoms with Gasteiger partial charge in [0, 0.05) is 57.7 Å². The van der Waals surface area contributed by atoms with E-state index < -0.39 is 0 Å². The number of nitrogens with zero attached hydrogens (tertiary/aromatic N) is 6. The number of benzene rings is 1. The number of carbonyl (C=O) groups is 1. The van der Waals surface area contributed by atoms with Crippen LogP contribution in [-0.4, -0.2) is 63.8 Å². The summed E-state index contributed by atoms with van der Waals surface area (Å²) in [6.07, 6.45) is 5.20. The fraction of sp³-hybridized carbons (Fsp3) is 0.346. The molecule has 2 atom stereocenters. The molecule has 2 saturated heterocycles. The summed E-state index contributed by atoms with van der Waals surface area (Å²) in [5, 5.41) is 4.28. The molecule has 0 saturated carbocycles. The molecule has 2 aliphatic rings. The molecule has 3 aromatic rings. The highest BCUT2D eigenvalue weighted by atomic mass is 16.5. The highest BCUT2D eigenvalue weighted by Crippen LogP contribution is 2.33. The Kier molecular flexibility index (Phi) is 6.06. The first-order valence-corrected chi connectivity index (χ1v) is 11.6. The monoisotopic (exact) mass is 458 g/mol. The van der Waals surface area contributed by atoms with Crippen molar-refractivity contribution >= 4 is 11.7 Å². The zero-order chi connectivity index (χ0) is 23.7. The fourth-order valence-corrected chi connectivity index (χ4v) is 4.83. The predicted octanol–water partition coefficient (Wildman–Crippen LogP) is 4.07. The minimum atomic E-state index is -0.0540. The van der Waals surface area contributed by atoms with Crippen LogP contribution in [0.25, 0.3) is 0 Å². The number of pyridine rings is 1. The average Bonchev–Trinajstić information content (AvgIpc) is 3.54. The van der Waals surface area contributed by atoms with E-state index in [0.717, 1.165) is 49.9 Å². The van der Waals surface area contributed by atoms with Crippen molar-refractivity contribution in [3.8, 4) is 11.6 Å². The van der Waals surface area contributed by atoms with Gasteiger partial charge in [0.1, 0.15) is 5.75 Å². The number of rotatable bonds is 6. The number of likely N-dealkylation sites (tertiary alicyclic amines) is 2. The Morgan fingerprint density at radius 3 is 2.65 bits per heavy atom. The number of anilines is 1. The third-order valence-electron chi connectivity index (χ3n) is 6.72. The number of hydrogen-bond acceptors (Lipinski definition) is 6. The molecule has 2 aliphatic heterocycles. The van der Waals surface area contributed by atoms with Crippen LogP contribution in [0, 0.1) is 11.8 Å². The molecule has 2 unspecified atom stereocenters. The third-order valence-corrected chi connectivity index (χ3v) is 6.72. The molecule has 0 radical (unpaired) electrons. The van der Waals surface area contributed by atoms with Crippen LogP contribution in [0.5, 0.6) is 11.6 Å². The molecule has 8 nitrogen and oxygen atoms in total. The summed E-state index contributed by atoms with van der Waals surface area (Å²) in [7, 11) is 1.92. The van der Waals surface area contributed by atoms with Crippen molar-refractivity contribution in [1.29, 1.82) is 0 Å². The standard InChI is InChI=1S/C26H30N6O2/c1-19(2)29(3)23-12-28-32(18-23)26(33)31-16-21-14-30(15-22(21)17-31)13-20-7-6-8-24(11-20)34-25-9-4-5-10-27-25/h4-12,18,21-22H,1,13-17H2,2-3H3. The fourth-order valence-electron chi connectivity index (χ4n) is 4.83. The molecule has 0 bridgehead atoms. The number of amides is 1. The summed E-state index contributed by atoms with van der Waals surface area (Å²) in [4.78, 5) is 23.6. The van der Waals surface area contributed by atoms with Crippen molar-refractivity contribution < 1.29 is 9.53 Å². The van der Waals surface area contributed by atoms with Crippen molar-refractivity contribution in [2.45, 2.75) is 13.5 Å². The molecule has 1 amide bonds. The van der Waals surface area contributed by atoms with Gasteiger partial charge < -0.3 is 14.5 Å². The number of ether oxygens (including phenoxy) is 1. The maximum absolute atomic E-state index is 13.0. The minimum absolute atomic E-state index is 0.0540. The molecule has 34 heavy (non-hydrogen) atoms. The largest absolute Gasteiger partial charge is 0.439 e. The van der Waals surface area contributed by atoms with Gasteiger partial charge in [0.05, 0.1) is 18.1 Å². The smallest absolute Gasteiger partial charge is 0.344 e. The second-order valence-electron chi connectivity index (χ2n) is 9.26. The molecule has 176 valence electrons. The Morgan fingerprint density at radius 2 is 1.94 bits per heavy atom. The molecule has 5 rings (SSSR count). The van der Waals surface area contributed by atoms with E-state index in [4.69, 9.17) is 4.74 Å². The van der Waals surface area contributed by atoms with Crippen LogP contribution >= 0.6 is 0 Å². The van der Waals surface area contributed by atoms with Crippen molar-refractivity contribution in [2.75, 3.05) is 38.1 Å². The van der Waals surface area contributed by atoms with Crippen LogP contribution in [0.1, 0.15) is 12.5 Å². The van der Waals surface area contributed by atoms with Crippen LogP contribution in [0.4, 0.5) is 10.5 Å². The van der Waals surface area contributed by atoms with Gasteiger partial charge in [0.15, 0.2) is 0 Å². The van der Waals surface area contributed by atoms with Crippen molar-refractivity contribution in [1.82, 2.24) is 24.6 Å². The lowest BCUT2D eigenvalue weighted by atomic mass is 10.0. The SMILES string of the molecule is C=C(C)N(C)c1cnn(C(=O)N2CC3CN(Cc4cccc(Oc5ccccn5)c4)CC3C2)c1. The quantitative estimate of drug-likeness (QED) is 0.555. The number of aromatic nitrogens is 3. The highest BCUT2D eigenvalue weighted by molar-refractivity contribution is 5.77. The summed E-state index contributed by atoms with van der Waals surface area (Å²) in [5.74, 6) is 2.37. The van der Waals surface area contributed by atoms with Gasteiger partial charge in [-0.2, -0.15) is 9.78 Å². The van der Waals surface area contributed by atoms with E-state index in [9.17, 15) is 4.79 Å². The first kappa shape index (κ1) is 22.2. The predicted molar refractivity (Wildman–Crippen MR) is 131 cm³/mol. The van der Waals surface area contributed by atoms with Crippen molar-refractivity contribution in [2.24, 2.45) is 11.8 Å². The van der Waals surface area contributed by atoms with Crippen LogP contribution in [-0.2, 0) is 6.54 Å². The zero-order valence-electron chi connectivity index (χ0n) is 19.7. The molecule has 0 aliphatic carbocycles. The molecule has 1 aromatic carbocycles. The van der Waals surface area contributed by atoms with E-state index in [1.54, 1.807) is 18.6 Å². The Bertz CT molecular complexity index is 1160. The highest BCUT2D eigenvalue weighted by Gasteiger charge is 2.42. The van der Waals surface area contributed by atoms with Gasteiger partial charge in [-0.15, -0.1) is 0 Å². The first-order chi connectivity index (χ1) is 16.5. The third kappa shape index (κ3) is 4.68. The second kappa shape index (κ2) is 9.30. The molecular weight excluding hydrogens is 428 g/mol. The lowest BCUT2D eigenvalue weighted by molar-refractivity contribution is 0.197. The number of carbonyl (C=O) groups excluding carboxylic acids is 1. The molecule has 4 heterocycles. The Balaban J connectivity index is 1.16. The number of allylic oxidation sites excluding steroid dienone is 1. The van der Waals surface area contributed by atoms with E-state index in [0.29, 0.717) is 17.7 Å². The van der Waals surface area contributed by atoms with Gasteiger partial charge in [-0.25, -0.2) is 9.78 Å². The summed E-state index contributed by atoms with van der Waals surface area (Å²) in [6.45, 7) is 10.3. The number of fused-ring (bicyclic) bond motifs is 1. The Labute approximate surface area is 200 Å². The van der Waals surface area contributed by atoms with Gasteiger partial charge in [-0.05, 0) is 42.5 Å². The van der Waals surface area contributed by atoms with Crippen molar-refractivity contribution in [3.63, 3.8) is 0 Å². The average molecular weight is 459 g/mol. The van der Waals surface area contributed by atoms with E-state index >= 15 is 0 Å². The Hall–Kier alpha value is -3.65. The lowest BCUT2D eigenvalue weighted by Crippen LogP contribution is -2.36. The molecule has 0 N–H and O–H groups in total. The van der Waals surface area contributed by atoms with E-state index in [-0.39, 0.29) is 6.03 Å². The van der Waals surface area contributed by atoms with E-state index in [2.05, 4.69) is 33.7 Å². The number of hydrogen-bond donors (Lipinski definition) is 0. The van der Waals surface area contributed by atoms with Crippen LogP contribution in [0.2, 0.25) is 0 Å². The van der Waals surface area contributed by atoms with E-state index in [1.807, 2.05) is 54.1 Å². The summed E-state index contributed by atoms with van der Waals surface area (Å²) >= 11 is 0. The maximum atomic E-state index is 13.0. The Morgan fingerprint density at radius 1 is 1.15 bits per heavy atom. The summed E-state index contributed by atoms with van der Waals surface area (Å²) < 4.78 is 7.33. The van der Waals surface area contributed by atoms with Gasteiger partial charge >= 0.3 is 6.03 Å². The minimum Gasteiger partial charge on any atom is -0.439 e. The topological polar surface area (TPSA) is 66.7 Å². The van der Waals surface area contributed by atoms with E-state index in [1.165, 1.54) is 10.2 Å². The molecular formula is C26H30N6O2. The second-order valence-corrected chi connectivity index (χ2v) is 9.26. The van der Waals surface area contributed by atoms with Gasteiger partial charge in [-0.1, -0.05) is 24.8 Å². The lowest BCUT2D eigenvalue weighted by Gasteiger charge is -2.21. The molecule has 8 heteroatoms.